The lowest BCUT2D eigenvalue weighted by Crippen LogP contribution is -2.33. The Bertz CT molecular complexity index is 407. The summed E-state index contributed by atoms with van der Waals surface area (Å²) in [7, 11) is 4.18. The lowest BCUT2D eigenvalue weighted by Gasteiger charge is -2.20. The largest absolute Gasteiger partial charge is 0.331 e. The Morgan fingerprint density at radius 2 is 1.53 bits per heavy atom. The van der Waals surface area contributed by atoms with E-state index in [0.717, 1.165) is 11.6 Å². The molecule has 0 atom stereocenters. The van der Waals surface area contributed by atoms with E-state index in [1.807, 2.05) is 0 Å². The van der Waals surface area contributed by atoms with Crippen LogP contribution in [0.1, 0.15) is 6.92 Å². The van der Waals surface area contributed by atoms with Crippen LogP contribution in [0, 0.1) is 0 Å². The van der Waals surface area contributed by atoms with E-state index in [0.29, 0.717) is 0 Å². The van der Waals surface area contributed by atoms with Crippen molar-refractivity contribution < 1.29 is 17.1 Å². The molecular weight excluding hydrogens is 238 g/mol. The highest BCUT2D eigenvalue weighted by molar-refractivity contribution is 7.86. The number of nitrogens with zero attached hydrogens (tertiary/aromatic N) is 1. The third-order valence-electron chi connectivity index (χ3n) is 2.20. The number of quaternary nitrogens is 1. The van der Waals surface area contributed by atoms with Crippen molar-refractivity contribution in [3.8, 4) is 0 Å². The van der Waals surface area contributed by atoms with Crippen LogP contribution in [0.4, 0.5) is 0 Å². The molecule has 0 heterocycles. The van der Waals surface area contributed by atoms with Crippen LogP contribution in [0.25, 0.3) is 0 Å². The van der Waals surface area contributed by atoms with Crippen LogP contribution in [-0.4, -0.2) is 47.7 Å². The van der Waals surface area contributed by atoms with Crippen molar-refractivity contribution in [1.29, 1.82) is 0 Å². The van der Waals surface area contributed by atoms with Gasteiger partial charge in [0, 0.05) is 0 Å². The predicted octanol–water partition coefficient (Wildman–Crippen LogP) is 1.73. The Morgan fingerprint density at radius 3 is 1.82 bits per heavy atom. The fourth-order valence-electron chi connectivity index (χ4n) is 0.683. The van der Waals surface area contributed by atoms with Crippen molar-refractivity contribution in [3.05, 3.63) is 30.3 Å². The molecular formula is C12H22NO3S+. The molecule has 0 aliphatic heterocycles. The Morgan fingerprint density at radius 1 is 1.12 bits per heavy atom. The van der Waals surface area contributed by atoms with Crippen LogP contribution in [0.15, 0.2) is 35.2 Å². The van der Waals surface area contributed by atoms with Crippen LogP contribution in [0.3, 0.4) is 0 Å². The van der Waals surface area contributed by atoms with Gasteiger partial charge < -0.3 is 4.48 Å². The summed E-state index contributed by atoms with van der Waals surface area (Å²) in [5.41, 5.74) is 0. The van der Waals surface area contributed by atoms with Gasteiger partial charge in [0.2, 0.25) is 0 Å². The topological polar surface area (TPSA) is 43.4 Å². The monoisotopic (exact) mass is 260 g/mol. The molecule has 0 aliphatic carbocycles. The summed E-state index contributed by atoms with van der Waals surface area (Å²) in [5.74, 6) is 0. The molecule has 0 unspecified atom stereocenters. The minimum absolute atomic E-state index is 0.183. The van der Waals surface area contributed by atoms with Gasteiger partial charge in [-0.2, -0.15) is 8.42 Å². The van der Waals surface area contributed by atoms with Gasteiger partial charge in [0.15, 0.2) is 0 Å². The molecule has 0 fully saturated rings. The third-order valence-corrected chi connectivity index (χ3v) is 3.49. The van der Waals surface area contributed by atoms with Crippen molar-refractivity contribution in [2.24, 2.45) is 0 Å². The predicted molar refractivity (Wildman–Crippen MR) is 69.2 cm³/mol. The summed E-state index contributed by atoms with van der Waals surface area (Å²) in [4.78, 5) is 0.183. The molecule has 0 saturated heterocycles. The highest BCUT2D eigenvalue weighted by Crippen LogP contribution is 2.09. The first-order valence-corrected chi connectivity index (χ1v) is 6.80. The van der Waals surface area contributed by atoms with Crippen molar-refractivity contribution in [2.45, 2.75) is 11.8 Å². The van der Waals surface area contributed by atoms with Crippen molar-refractivity contribution in [2.75, 3.05) is 34.8 Å². The first-order chi connectivity index (χ1) is 7.73. The molecule has 1 rings (SSSR count). The summed E-state index contributed by atoms with van der Waals surface area (Å²) in [6, 6.07) is 8.00. The molecule has 5 heteroatoms. The van der Waals surface area contributed by atoms with E-state index < -0.39 is 10.1 Å². The number of benzene rings is 1. The van der Waals surface area contributed by atoms with E-state index >= 15 is 0 Å². The Hall–Kier alpha value is -0.910. The summed E-state index contributed by atoms with van der Waals surface area (Å²) in [5, 5.41) is 0. The molecule has 17 heavy (non-hydrogen) atoms. The molecule has 0 radical (unpaired) electrons. The second-order valence-corrected chi connectivity index (χ2v) is 6.25. The first kappa shape index (κ1) is 16.1. The number of hydrogen-bond donors (Lipinski definition) is 0. The standard InChI is InChI=1S/C7H8O3S.C5H14N/c1-10-11(8,9)7-5-3-2-4-6-7;1-5-6(2,3)4/h2-6H,1H3;5H2,1-4H3/q;+1. The normalized spacial score (nSPS) is 11.6. The zero-order valence-electron chi connectivity index (χ0n) is 11.2. The molecule has 0 aromatic heterocycles. The summed E-state index contributed by atoms with van der Waals surface area (Å²) in [6.07, 6.45) is 0. The zero-order valence-corrected chi connectivity index (χ0v) is 12.0. The Kier molecular flexibility index (Phi) is 6.37. The van der Waals surface area contributed by atoms with E-state index in [1.165, 1.54) is 18.7 Å². The maximum Gasteiger partial charge on any atom is 0.296 e. The zero-order chi connectivity index (χ0) is 13.5. The summed E-state index contributed by atoms with van der Waals surface area (Å²) < 4.78 is 27.3. The van der Waals surface area contributed by atoms with Gasteiger partial charge in [0.25, 0.3) is 10.1 Å². The minimum atomic E-state index is -3.50. The molecule has 0 N–H and O–H groups in total. The molecule has 0 saturated carbocycles. The van der Waals surface area contributed by atoms with Crippen LogP contribution in [0.2, 0.25) is 0 Å². The maximum absolute atomic E-state index is 11.0. The fourth-order valence-corrected chi connectivity index (χ4v) is 1.37. The van der Waals surface area contributed by atoms with Crippen molar-refractivity contribution >= 4 is 10.1 Å². The molecule has 1 aromatic carbocycles. The molecule has 0 spiro atoms. The first-order valence-electron chi connectivity index (χ1n) is 5.39. The molecule has 0 amide bonds. The Balaban J connectivity index is 0.000000366. The van der Waals surface area contributed by atoms with E-state index in [2.05, 4.69) is 32.2 Å². The van der Waals surface area contributed by atoms with Gasteiger partial charge in [0.1, 0.15) is 0 Å². The van der Waals surface area contributed by atoms with Gasteiger partial charge >= 0.3 is 0 Å². The highest BCUT2D eigenvalue weighted by Gasteiger charge is 2.10. The quantitative estimate of drug-likeness (QED) is 0.614. The average Bonchev–Trinajstić information content (AvgIpc) is 2.30. The van der Waals surface area contributed by atoms with Crippen LogP contribution in [0.5, 0.6) is 0 Å². The Labute approximate surface area is 105 Å². The van der Waals surface area contributed by atoms with Gasteiger partial charge in [-0.3, -0.25) is 4.18 Å². The van der Waals surface area contributed by atoms with E-state index in [9.17, 15) is 8.42 Å². The molecule has 0 bridgehead atoms. The van der Waals surface area contributed by atoms with E-state index in [1.54, 1.807) is 18.2 Å². The molecule has 1 aromatic rings. The van der Waals surface area contributed by atoms with Crippen LogP contribution in [-0.2, 0) is 14.3 Å². The van der Waals surface area contributed by atoms with Gasteiger partial charge in [-0.15, -0.1) is 0 Å². The minimum Gasteiger partial charge on any atom is -0.331 e. The number of rotatable bonds is 3. The molecule has 4 nitrogen and oxygen atoms in total. The van der Waals surface area contributed by atoms with E-state index in [-0.39, 0.29) is 4.90 Å². The van der Waals surface area contributed by atoms with Gasteiger partial charge in [-0.05, 0) is 19.1 Å². The van der Waals surface area contributed by atoms with Crippen molar-refractivity contribution in [1.82, 2.24) is 0 Å². The second kappa shape index (κ2) is 6.74. The summed E-state index contributed by atoms with van der Waals surface area (Å²) >= 11 is 0. The number of hydrogen-bond acceptors (Lipinski definition) is 3. The molecule has 0 aliphatic rings. The molecule has 98 valence electrons. The highest BCUT2D eigenvalue weighted by atomic mass is 32.2. The average molecular weight is 260 g/mol. The van der Waals surface area contributed by atoms with Crippen LogP contribution < -0.4 is 0 Å². The summed E-state index contributed by atoms with van der Waals surface area (Å²) in [6.45, 7) is 3.39. The smallest absolute Gasteiger partial charge is 0.296 e. The van der Waals surface area contributed by atoms with Gasteiger partial charge in [0.05, 0.1) is 39.7 Å². The maximum atomic E-state index is 11.0. The van der Waals surface area contributed by atoms with Crippen LogP contribution >= 0.6 is 0 Å². The lowest BCUT2D eigenvalue weighted by molar-refractivity contribution is -0.868. The lowest BCUT2D eigenvalue weighted by atomic mass is 10.4. The van der Waals surface area contributed by atoms with Gasteiger partial charge in [-0.1, -0.05) is 18.2 Å². The second-order valence-electron chi connectivity index (χ2n) is 4.54. The SMILES string of the molecule is CC[N+](C)(C)C.COS(=O)(=O)c1ccccc1. The van der Waals surface area contributed by atoms with E-state index in [4.69, 9.17) is 0 Å². The fraction of sp³-hybridized carbons (Fsp3) is 0.500. The van der Waals surface area contributed by atoms with Gasteiger partial charge in [-0.25, -0.2) is 0 Å². The third kappa shape index (κ3) is 7.10. The van der Waals surface area contributed by atoms with Crippen molar-refractivity contribution in [3.63, 3.8) is 0 Å².